The minimum absolute atomic E-state index is 0.368. The summed E-state index contributed by atoms with van der Waals surface area (Å²) < 4.78 is 38.0. The van der Waals surface area contributed by atoms with Crippen molar-refractivity contribution in [1.29, 1.82) is 0 Å². The summed E-state index contributed by atoms with van der Waals surface area (Å²) in [6.07, 6.45) is -2.79. The Morgan fingerprint density at radius 3 is 2.70 bits per heavy atom. The van der Waals surface area contributed by atoms with E-state index in [9.17, 15) is 18.0 Å². The molecule has 1 aromatic rings. The summed E-state index contributed by atoms with van der Waals surface area (Å²) in [5, 5.41) is 4.57. The third-order valence-electron chi connectivity index (χ3n) is 3.76. The van der Waals surface area contributed by atoms with Gasteiger partial charge in [0.15, 0.2) is 5.71 Å². The molecule has 1 aromatic carbocycles. The average Bonchev–Trinajstić information content (AvgIpc) is 2.80. The monoisotopic (exact) mass is 282 g/mol. The molecule has 0 spiro atoms. The first-order valence-electron chi connectivity index (χ1n) is 6.51. The summed E-state index contributed by atoms with van der Waals surface area (Å²) in [6.45, 7) is 0. The van der Waals surface area contributed by atoms with Crippen LogP contribution in [0, 0.1) is 0 Å². The molecule has 0 saturated heterocycles. The van der Waals surface area contributed by atoms with Gasteiger partial charge >= 0.3 is 6.18 Å². The highest BCUT2D eigenvalue weighted by Crippen LogP contribution is 2.37. The van der Waals surface area contributed by atoms with Gasteiger partial charge in [-0.1, -0.05) is 24.3 Å². The maximum atomic E-state index is 12.7. The number of carbonyl (C=O) groups excluding carboxylic acids is 1. The molecule has 2 aliphatic rings. The molecule has 1 aliphatic carbocycles. The summed E-state index contributed by atoms with van der Waals surface area (Å²) in [5.41, 5.74) is 1.01. The normalized spacial score (nSPS) is 22.8. The van der Waals surface area contributed by atoms with Crippen molar-refractivity contribution >= 4 is 11.6 Å². The zero-order chi connectivity index (χ0) is 14.3. The van der Waals surface area contributed by atoms with E-state index in [0.29, 0.717) is 6.42 Å². The Hall–Kier alpha value is -1.85. The zero-order valence-electron chi connectivity index (χ0n) is 10.7. The summed E-state index contributed by atoms with van der Waals surface area (Å²) in [6, 6.07) is 7.19. The number of rotatable bonds is 1. The maximum Gasteiger partial charge on any atom is 0.431 e. The Morgan fingerprint density at radius 1 is 1.25 bits per heavy atom. The Labute approximate surface area is 114 Å². The topological polar surface area (TPSA) is 32.7 Å². The summed E-state index contributed by atoms with van der Waals surface area (Å²) >= 11 is 0. The van der Waals surface area contributed by atoms with Crippen molar-refractivity contribution in [3.05, 3.63) is 35.4 Å². The molecule has 1 aliphatic heterocycles. The smallest absolute Gasteiger partial charge is 0.272 e. The van der Waals surface area contributed by atoms with Gasteiger partial charge in [0.05, 0.1) is 12.5 Å². The number of hydrogen-bond donors (Lipinski definition) is 0. The van der Waals surface area contributed by atoms with E-state index in [0.717, 1.165) is 29.0 Å². The molecule has 1 atom stereocenters. The van der Waals surface area contributed by atoms with Crippen LogP contribution in [0.3, 0.4) is 0 Å². The number of amides is 1. The van der Waals surface area contributed by atoms with Crippen LogP contribution >= 0.6 is 0 Å². The second-order valence-electron chi connectivity index (χ2n) is 5.07. The molecule has 6 heteroatoms. The number of benzene rings is 1. The van der Waals surface area contributed by atoms with Crippen molar-refractivity contribution in [3.8, 4) is 0 Å². The van der Waals surface area contributed by atoms with Crippen LogP contribution < -0.4 is 0 Å². The minimum atomic E-state index is -4.53. The fourth-order valence-corrected chi connectivity index (χ4v) is 2.83. The number of hydrogen-bond acceptors (Lipinski definition) is 2. The number of carbonyl (C=O) groups is 1. The molecule has 3 rings (SSSR count). The van der Waals surface area contributed by atoms with E-state index in [2.05, 4.69) is 5.10 Å². The molecule has 1 amide bonds. The summed E-state index contributed by atoms with van der Waals surface area (Å²) in [4.78, 5) is 11.9. The van der Waals surface area contributed by atoms with E-state index in [-0.39, 0.29) is 6.04 Å². The predicted molar refractivity (Wildman–Crippen MR) is 67.1 cm³/mol. The number of fused-ring (bicyclic) bond motifs is 1. The van der Waals surface area contributed by atoms with Gasteiger partial charge < -0.3 is 0 Å². The molecular weight excluding hydrogens is 269 g/mol. The lowest BCUT2D eigenvalue weighted by Crippen LogP contribution is -2.29. The minimum Gasteiger partial charge on any atom is -0.272 e. The van der Waals surface area contributed by atoms with Crippen molar-refractivity contribution in [2.24, 2.45) is 5.10 Å². The number of nitrogens with zero attached hydrogens (tertiary/aromatic N) is 2. The third kappa shape index (κ3) is 2.19. The highest BCUT2D eigenvalue weighted by atomic mass is 19.4. The van der Waals surface area contributed by atoms with E-state index in [1.54, 1.807) is 0 Å². The third-order valence-corrected chi connectivity index (χ3v) is 3.76. The van der Waals surface area contributed by atoms with Crippen LogP contribution in [0.1, 0.15) is 36.4 Å². The van der Waals surface area contributed by atoms with Gasteiger partial charge in [0.2, 0.25) is 5.91 Å². The van der Waals surface area contributed by atoms with Crippen molar-refractivity contribution in [3.63, 3.8) is 0 Å². The number of hydrazone groups is 1. The first-order chi connectivity index (χ1) is 9.47. The number of aryl methyl sites for hydroxylation is 1. The Balaban J connectivity index is 1.95. The molecule has 1 heterocycles. The molecule has 0 fully saturated rings. The van der Waals surface area contributed by atoms with Crippen LogP contribution in [0.25, 0.3) is 0 Å². The maximum absolute atomic E-state index is 12.7. The van der Waals surface area contributed by atoms with Gasteiger partial charge in [-0.25, -0.2) is 5.01 Å². The quantitative estimate of drug-likeness (QED) is 0.778. The molecule has 106 valence electrons. The lowest BCUT2D eigenvalue weighted by molar-refractivity contribution is -0.131. The molecule has 0 N–H and O–H groups in total. The van der Waals surface area contributed by atoms with Crippen LogP contribution in [0.5, 0.6) is 0 Å². The van der Waals surface area contributed by atoms with Crippen molar-refractivity contribution in [1.82, 2.24) is 5.01 Å². The number of halogens is 3. The summed E-state index contributed by atoms with van der Waals surface area (Å²) in [7, 11) is 0. The predicted octanol–water partition coefficient (Wildman–Crippen LogP) is 3.21. The van der Waals surface area contributed by atoms with Crippen LogP contribution in [-0.4, -0.2) is 22.8 Å². The highest BCUT2D eigenvalue weighted by molar-refractivity contribution is 6.07. The van der Waals surface area contributed by atoms with Gasteiger partial charge in [-0.2, -0.15) is 18.3 Å². The van der Waals surface area contributed by atoms with Crippen LogP contribution in [-0.2, 0) is 11.2 Å². The van der Waals surface area contributed by atoms with Crippen molar-refractivity contribution < 1.29 is 18.0 Å². The second-order valence-corrected chi connectivity index (χ2v) is 5.07. The van der Waals surface area contributed by atoms with Crippen LogP contribution in [0.4, 0.5) is 13.2 Å². The van der Waals surface area contributed by atoms with Crippen LogP contribution in [0.15, 0.2) is 29.4 Å². The largest absolute Gasteiger partial charge is 0.431 e. The van der Waals surface area contributed by atoms with Gasteiger partial charge in [0, 0.05) is 0 Å². The van der Waals surface area contributed by atoms with Gasteiger partial charge in [-0.15, -0.1) is 0 Å². The second kappa shape index (κ2) is 4.61. The molecule has 3 nitrogen and oxygen atoms in total. The molecule has 0 bridgehead atoms. The SMILES string of the molecule is O=C1CC(C(F)(F)F)=NN1C1CCCc2ccccc21. The lowest BCUT2D eigenvalue weighted by Gasteiger charge is -2.30. The van der Waals surface area contributed by atoms with Gasteiger partial charge in [-0.05, 0) is 30.4 Å². The Morgan fingerprint density at radius 2 is 2.00 bits per heavy atom. The van der Waals surface area contributed by atoms with Gasteiger partial charge in [0.1, 0.15) is 0 Å². The number of alkyl halides is 3. The Kier molecular flexibility index (Phi) is 3.03. The molecule has 0 aromatic heterocycles. The molecular formula is C14H13F3N2O. The Bertz CT molecular complexity index is 580. The standard InChI is InChI=1S/C14H13F3N2O/c15-14(16,17)12-8-13(20)19(18-12)11-7-3-5-9-4-1-2-6-10(9)11/h1-2,4,6,11H,3,5,7-8H2. The average molecular weight is 282 g/mol. The highest BCUT2D eigenvalue weighted by Gasteiger charge is 2.44. The molecule has 0 saturated carbocycles. The fourth-order valence-electron chi connectivity index (χ4n) is 2.83. The molecule has 1 unspecified atom stereocenters. The molecule has 20 heavy (non-hydrogen) atoms. The lowest BCUT2D eigenvalue weighted by atomic mass is 9.87. The van der Waals surface area contributed by atoms with E-state index < -0.39 is 24.2 Å². The van der Waals surface area contributed by atoms with Gasteiger partial charge in [0.25, 0.3) is 0 Å². The summed E-state index contributed by atoms with van der Waals surface area (Å²) in [5.74, 6) is -0.570. The van der Waals surface area contributed by atoms with Crippen molar-refractivity contribution in [2.45, 2.75) is 37.9 Å². The first kappa shape index (κ1) is 13.1. The first-order valence-corrected chi connectivity index (χ1v) is 6.51. The van der Waals surface area contributed by atoms with Gasteiger partial charge in [-0.3, -0.25) is 4.79 Å². The van der Waals surface area contributed by atoms with E-state index in [4.69, 9.17) is 0 Å². The fraction of sp³-hybridized carbons (Fsp3) is 0.429. The van der Waals surface area contributed by atoms with E-state index in [1.807, 2.05) is 24.3 Å². The van der Waals surface area contributed by atoms with E-state index in [1.165, 1.54) is 0 Å². The van der Waals surface area contributed by atoms with Crippen molar-refractivity contribution in [2.75, 3.05) is 0 Å². The molecule has 0 radical (unpaired) electrons. The zero-order valence-corrected chi connectivity index (χ0v) is 10.7. The van der Waals surface area contributed by atoms with E-state index >= 15 is 0 Å². The van der Waals surface area contributed by atoms with Crippen LogP contribution in [0.2, 0.25) is 0 Å².